The van der Waals surface area contributed by atoms with Gasteiger partial charge in [0.15, 0.2) is 0 Å². The highest BCUT2D eigenvalue weighted by Gasteiger charge is 2.10. The van der Waals surface area contributed by atoms with Crippen LogP contribution >= 0.6 is 15.9 Å². The number of primary amides is 1. The third-order valence-corrected chi connectivity index (χ3v) is 3.49. The highest BCUT2D eigenvalue weighted by Crippen LogP contribution is 2.22. The Morgan fingerprint density at radius 2 is 2.10 bits per heavy atom. The Kier molecular flexibility index (Phi) is 4.39. The Morgan fingerprint density at radius 3 is 2.75 bits per heavy atom. The van der Waals surface area contributed by atoms with Gasteiger partial charge in [0.1, 0.15) is 5.82 Å². The van der Waals surface area contributed by atoms with E-state index in [2.05, 4.69) is 21.2 Å². The second kappa shape index (κ2) is 6.05. The van der Waals surface area contributed by atoms with Crippen molar-refractivity contribution in [3.05, 3.63) is 63.4 Å². The number of benzene rings is 2. The molecule has 0 aliphatic carbocycles. The molecule has 0 aliphatic rings. The van der Waals surface area contributed by atoms with Gasteiger partial charge < -0.3 is 11.1 Å². The summed E-state index contributed by atoms with van der Waals surface area (Å²) in [6, 6.07) is 10.5. The number of halogens is 2. The molecule has 2 rings (SSSR count). The lowest BCUT2D eigenvalue weighted by molar-refractivity contribution is 0.1000. The predicted molar refractivity (Wildman–Crippen MR) is 81.1 cm³/mol. The van der Waals surface area contributed by atoms with Crippen LogP contribution in [0.1, 0.15) is 21.5 Å². The van der Waals surface area contributed by atoms with Crippen LogP contribution in [0, 0.1) is 12.7 Å². The Hall–Kier alpha value is -1.88. The van der Waals surface area contributed by atoms with Gasteiger partial charge in [0.05, 0.1) is 0 Å². The summed E-state index contributed by atoms with van der Waals surface area (Å²) in [6.07, 6.45) is 0. The number of amides is 1. The van der Waals surface area contributed by atoms with E-state index in [0.717, 1.165) is 16.1 Å². The number of anilines is 1. The fraction of sp³-hybridized carbons (Fsp3) is 0.133. The zero-order valence-corrected chi connectivity index (χ0v) is 12.5. The average molecular weight is 337 g/mol. The molecule has 0 spiro atoms. The molecular formula is C15H14BrFN2O. The summed E-state index contributed by atoms with van der Waals surface area (Å²) in [5.41, 5.74) is 7.42. The second-order valence-electron chi connectivity index (χ2n) is 4.48. The van der Waals surface area contributed by atoms with Crippen molar-refractivity contribution in [3.8, 4) is 0 Å². The topological polar surface area (TPSA) is 55.1 Å². The molecule has 0 aromatic heterocycles. The molecule has 0 saturated heterocycles. The molecule has 0 unspecified atom stereocenters. The number of hydrogen-bond donors (Lipinski definition) is 2. The SMILES string of the molecule is Cc1c(F)cc(C(N)=O)cc1NCc1cccc(Br)c1. The highest BCUT2D eigenvalue weighted by atomic mass is 79.9. The summed E-state index contributed by atoms with van der Waals surface area (Å²) in [4.78, 5) is 11.2. The van der Waals surface area contributed by atoms with Gasteiger partial charge in [-0.05, 0) is 36.8 Å². The van der Waals surface area contributed by atoms with Crippen molar-refractivity contribution in [1.82, 2.24) is 0 Å². The highest BCUT2D eigenvalue weighted by molar-refractivity contribution is 9.10. The molecule has 5 heteroatoms. The van der Waals surface area contributed by atoms with Crippen LogP contribution in [-0.4, -0.2) is 5.91 Å². The largest absolute Gasteiger partial charge is 0.381 e. The molecule has 0 radical (unpaired) electrons. The first-order chi connectivity index (χ1) is 9.47. The van der Waals surface area contributed by atoms with Crippen LogP contribution in [0.5, 0.6) is 0 Å². The molecular weight excluding hydrogens is 323 g/mol. The molecule has 2 aromatic rings. The molecule has 3 N–H and O–H groups in total. The van der Waals surface area contributed by atoms with E-state index in [4.69, 9.17) is 5.73 Å². The zero-order chi connectivity index (χ0) is 14.7. The van der Waals surface area contributed by atoms with E-state index in [0.29, 0.717) is 17.8 Å². The van der Waals surface area contributed by atoms with Crippen molar-refractivity contribution in [1.29, 1.82) is 0 Å². The van der Waals surface area contributed by atoms with Crippen LogP contribution in [0.3, 0.4) is 0 Å². The summed E-state index contributed by atoms with van der Waals surface area (Å²) >= 11 is 3.40. The third kappa shape index (κ3) is 3.36. The van der Waals surface area contributed by atoms with Crippen molar-refractivity contribution < 1.29 is 9.18 Å². The minimum absolute atomic E-state index is 0.157. The quantitative estimate of drug-likeness (QED) is 0.896. The van der Waals surface area contributed by atoms with E-state index in [9.17, 15) is 9.18 Å². The van der Waals surface area contributed by atoms with Crippen LogP contribution in [0.15, 0.2) is 40.9 Å². The van der Waals surface area contributed by atoms with Gasteiger partial charge in [0.25, 0.3) is 0 Å². The van der Waals surface area contributed by atoms with E-state index in [1.807, 2.05) is 24.3 Å². The number of carbonyl (C=O) groups is 1. The molecule has 0 heterocycles. The van der Waals surface area contributed by atoms with E-state index < -0.39 is 11.7 Å². The maximum atomic E-state index is 13.7. The van der Waals surface area contributed by atoms with Crippen LogP contribution in [-0.2, 0) is 6.54 Å². The van der Waals surface area contributed by atoms with Crippen molar-refractivity contribution in [2.24, 2.45) is 5.73 Å². The van der Waals surface area contributed by atoms with Gasteiger partial charge in [-0.3, -0.25) is 4.79 Å². The van der Waals surface area contributed by atoms with Gasteiger partial charge in [-0.2, -0.15) is 0 Å². The molecule has 2 aromatic carbocycles. The molecule has 3 nitrogen and oxygen atoms in total. The Morgan fingerprint density at radius 1 is 1.35 bits per heavy atom. The van der Waals surface area contributed by atoms with Crippen molar-refractivity contribution in [2.45, 2.75) is 13.5 Å². The van der Waals surface area contributed by atoms with Gasteiger partial charge in [-0.15, -0.1) is 0 Å². The second-order valence-corrected chi connectivity index (χ2v) is 5.39. The first-order valence-electron chi connectivity index (χ1n) is 6.05. The Balaban J connectivity index is 2.23. The summed E-state index contributed by atoms with van der Waals surface area (Å²) in [7, 11) is 0. The molecule has 0 fully saturated rings. The maximum absolute atomic E-state index is 13.7. The minimum atomic E-state index is -0.644. The first-order valence-corrected chi connectivity index (χ1v) is 6.85. The zero-order valence-electron chi connectivity index (χ0n) is 10.9. The van der Waals surface area contributed by atoms with Crippen LogP contribution < -0.4 is 11.1 Å². The van der Waals surface area contributed by atoms with Gasteiger partial charge >= 0.3 is 0 Å². The van der Waals surface area contributed by atoms with Crippen molar-refractivity contribution in [2.75, 3.05) is 5.32 Å². The summed E-state index contributed by atoms with van der Waals surface area (Å²) < 4.78 is 14.7. The van der Waals surface area contributed by atoms with E-state index >= 15 is 0 Å². The first kappa shape index (κ1) is 14.5. The number of nitrogens with one attached hydrogen (secondary N) is 1. The predicted octanol–water partition coefficient (Wildman–Crippen LogP) is 3.61. The number of hydrogen-bond acceptors (Lipinski definition) is 2. The van der Waals surface area contributed by atoms with Gasteiger partial charge in [-0.25, -0.2) is 4.39 Å². The number of carbonyl (C=O) groups excluding carboxylic acids is 1. The molecule has 0 atom stereocenters. The van der Waals surface area contributed by atoms with Gasteiger partial charge in [0.2, 0.25) is 5.91 Å². The normalized spacial score (nSPS) is 10.3. The fourth-order valence-corrected chi connectivity index (χ4v) is 2.30. The Bertz CT molecular complexity index is 658. The average Bonchev–Trinajstić information content (AvgIpc) is 2.40. The van der Waals surface area contributed by atoms with E-state index in [1.165, 1.54) is 0 Å². The molecule has 20 heavy (non-hydrogen) atoms. The van der Waals surface area contributed by atoms with Crippen molar-refractivity contribution >= 4 is 27.5 Å². The van der Waals surface area contributed by atoms with Crippen LogP contribution in [0.25, 0.3) is 0 Å². The lowest BCUT2D eigenvalue weighted by Crippen LogP contribution is -2.13. The third-order valence-electron chi connectivity index (χ3n) is 3.00. The van der Waals surface area contributed by atoms with Gasteiger partial charge in [0, 0.05) is 27.8 Å². The summed E-state index contributed by atoms with van der Waals surface area (Å²) in [6.45, 7) is 2.19. The number of rotatable bonds is 4. The smallest absolute Gasteiger partial charge is 0.248 e. The lowest BCUT2D eigenvalue weighted by Gasteiger charge is -2.12. The molecule has 0 saturated carbocycles. The molecule has 104 valence electrons. The fourth-order valence-electron chi connectivity index (χ4n) is 1.85. The van der Waals surface area contributed by atoms with Gasteiger partial charge in [-0.1, -0.05) is 28.1 Å². The lowest BCUT2D eigenvalue weighted by atomic mass is 10.1. The van der Waals surface area contributed by atoms with E-state index in [1.54, 1.807) is 13.0 Å². The van der Waals surface area contributed by atoms with Crippen LogP contribution in [0.4, 0.5) is 10.1 Å². The standard InChI is InChI=1S/C15H14BrFN2O/c1-9-13(17)6-11(15(18)20)7-14(9)19-8-10-3-2-4-12(16)5-10/h2-7,19H,8H2,1H3,(H2,18,20). The number of nitrogens with two attached hydrogens (primary N) is 1. The van der Waals surface area contributed by atoms with E-state index in [-0.39, 0.29) is 5.56 Å². The maximum Gasteiger partial charge on any atom is 0.248 e. The summed E-state index contributed by atoms with van der Waals surface area (Å²) in [5, 5.41) is 3.12. The van der Waals surface area contributed by atoms with Crippen molar-refractivity contribution in [3.63, 3.8) is 0 Å². The van der Waals surface area contributed by atoms with Crippen LogP contribution in [0.2, 0.25) is 0 Å². The Labute approximate surface area is 125 Å². The molecule has 0 aliphatic heterocycles. The molecule has 1 amide bonds. The molecule has 0 bridgehead atoms. The summed E-state index contributed by atoms with van der Waals surface area (Å²) in [5.74, 6) is -1.09. The minimum Gasteiger partial charge on any atom is -0.381 e. The monoisotopic (exact) mass is 336 g/mol.